The fourth-order valence-electron chi connectivity index (χ4n) is 2.56. The maximum absolute atomic E-state index is 9.85. The second kappa shape index (κ2) is 9.93. The summed E-state index contributed by atoms with van der Waals surface area (Å²) in [6, 6.07) is 12.7. The minimum absolute atomic E-state index is 0.653. The van der Waals surface area contributed by atoms with Gasteiger partial charge in [-0.3, -0.25) is 0 Å². The highest BCUT2D eigenvalue weighted by atomic mass is 32.2. The van der Waals surface area contributed by atoms with Crippen molar-refractivity contribution >= 4 is 34.9 Å². The number of pyridine rings is 1. The molecular weight excluding hydrogens is 390 g/mol. The van der Waals surface area contributed by atoms with Crippen LogP contribution in [0.3, 0.4) is 0 Å². The van der Waals surface area contributed by atoms with Gasteiger partial charge in [-0.15, -0.1) is 11.3 Å². The van der Waals surface area contributed by atoms with E-state index in [2.05, 4.69) is 49.2 Å². The molecule has 3 aromatic rings. The molecule has 0 radical (unpaired) electrons. The molecule has 6 heteroatoms. The van der Waals surface area contributed by atoms with Crippen molar-refractivity contribution < 1.29 is 0 Å². The largest absolute Gasteiger partial charge is 0.243 e. The number of unbranched alkanes of at least 4 members (excludes halogenated alkanes) is 1. The molecule has 138 valence electrons. The molecule has 2 heterocycles. The van der Waals surface area contributed by atoms with Gasteiger partial charge >= 0.3 is 0 Å². The average Bonchev–Trinajstić information content (AvgIpc) is 3.22. The number of aromatic nitrogens is 2. The quantitative estimate of drug-likeness (QED) is 0.236. The summed E-state index contributed by atoms with van der Waals surface area (Å²) in [5.74, 6) is 1.14. The van der Waals surface area contributed by atoms with Crippen molar-refractivity contribution in [2.75, 3.05) is 10.8 Å². The van der Waals surface area contributed by atoms with E-state index in [4.69, 9.17) is 4.98 Å². The topological polar surface area (TPSA) is 49.6 Å². The summed E-state index contributed by atoms with van der Waals surface area (Å²) in [7, 11) is 0. The van der Waals surface area contributed by atoms with Crippen LogP contribution in [0.4, 0.5) is 0 Å². The van der Waals surface area contributed by atoms with Gasteiger partial charge in [0, 0.05) is 22.2 Å². The molecule has 27 heavy (non-hydrogen) atoms. The van der Waals surface area contributed by atoms with Crippen LogP contribution in [0.5, 0.6) is 0 Å². The van der Waals surface area contributed by atoms with Gasteiger partial charge in [-0.2, -0.15) is 17.0 Å². The third-order valence-corrected chi connectivity index (χ3v) is 7.11. The van der Waals surface area contributed by atoms with E-state index < -0.39 is 0 Å². The lowest BCUT2D eigenvalue weighted by molar-refractivity contribution is 0.897. The van der Waals surface area contributed by atoms with Crippen LogP contribution in [0.1, 0.15) is 30.9 Å². The van der Waals surface area contributed by atoms with Gasteiger partial charge < -0.3 is 0 Å². The number of hydrogen-bond donors (Lipinski definition) is 0. The third kappa shape index (κ3) is 5.13. The Morgan fingerprint density at radius 3 is 2.70 bits per heavy atom. The fraction of sp³-hybridized carbons (Fsp3) is 0.286. The number of thiazole rings is 1. The fourth-order valence-corrected chi connectivity index (χ4v) is 5.36. The number of benzene rings is 1. The third-order valence-electron chi connectivity index (χ3n) is 4.03. The first-order chi connectivity index (χ1) is 13.2. The van der Waals surface area contributed by atoms with E-state index in [9.17, 15) is 5.26 Å². The van der Waals surface area contributed by atoms with Crippen LogP contribution in [0, 0.1) is 18.3 Å². The standard InChI is InChI=1S/C21H21N3S3/c1-3-4-10-25-14-27-20-18(13-22)17(16-7-5-15(2)6-8-16)12-19(24-20)21-23-9-11-26-21/h5-9,11-12H,3-4,10,14H2,1-2H3. The van der Waals surface area contributed by atoms with Gasteiger partial charge in [-0.25, -0.2) is 9.97 Å². The zero-order chi connectivity index (χ0) is 19.1. The van der Waals surface area contributed by atoms with Crippen molar-refractivity contribution in [2.24, 2.45) is 0 Å². The van der Waals surface area contributed by atoms with Crippen molar-refractivity contribution in [1.82, 2.24) is 9.97 Å². The Kier molecular flexibility index (Phi) is 7.33. The highest BCUT2D eigenvalue weighted by Gasteiger charge is 2.16. The summed E-state index contributed by atoms with van der Waals surface area (Å²) in [6.45, 7) is 4.27. The second-order valence-electron chi connectivity index (χ2n) is 6.07. The minimum Gasteiger partial charge on any atom is -0.243 e. The normalized spacial score (nSPS) is 10.7. The predicted octanol–water partition coefficient (Wildman–Crippen LogP) is 6.64. The van der Waals surface area contributed by atoms with Gasteiger partial charge in [0.1, 0.15) is 21.8 Å². The number of nitrogens with zero attached hydrogens (tertiary/aromatic N) is 3. The molecule has 0 fully saturated rings. The van der Waals surface area contributed by atoms with Gasteiger partial charge in [-0.05, 0) is 30.7 Å². The Morgan fingerprint density at radius 1 is 1.22 bits per heavy atom. The highest BCUT2D eigenvalue weighted by molar-refractivity contribution is 8.15. The first-order valence-corrected chi connectivity index (χ1v) is 11.9. The van der Waals surface area contributed by atoms with Crippen molar-refractivity contribution in [2.45, 2.75) is 31.7 Å². The Labute approximate surface area is 173 Å². The molecular formula is C21H21N3S3. The molecule has 3 rings (SSSR count). The van der Waals surface area contributed by atoms with Crippen LogP contribution in [0.25, 0.3) is 21.8 Å². The molecule has 0 aliphatic carbocycles. The summed E-state index contributed by atoms with van der Waals surface area (Å²) in [5, 5.41) is 14.4. The monoisotopic (exact) mass is 411 g/mol. The molecule has 0 bridgehead atoms. The zero-order valence-electron chi connectivity index (χ0n) is 15.4. The minimum atomic E-state index is 0.653. The van der Waals surface area contributed by atoms with Crippen LogP contribution in [0.2, 0.25) is 0 Å². The summed E-state index contributed by atoms with van der Waals surface area (Å²) < 4.78 is 0. The summed E-state index contributed by atoms with van der Waals surface area (Å²) in [6.07, 6.45) is 4.22. The first kappa shape index (κ1) is 19.9. The molecule has 2 aromatic heterocycles. The van der Waals surface area contributed by atoms with E-state index in [1.54, 1.807) is 29.3 Å². The first-order valence-electron chi connectivity index (χ1n) is 8.85. The Morgan fingerprint density at radius 2 is 2.04 bits per heavy atom. The molecule has 1 aromatic carbocycles. The smallest absolute Gasteiger partial charge is 0.141 e. The molecule has 0 saturated carbocycles. The number of rotatable bonds is 8. The molecule has 0 aliphatic rings. The molecule has 0 atom stereocenters. The molecule has 3 nitrogen and oxygen atoms in total. The van der Waals surface area contributed by atoms with E-state index in [0.717, 1.165) is 37.7 Å². The molecule has 0 spiro atoms. The van der Waals surface area contributed by atoms with E-state index in [-0.39, 0.29) is 0 Å². The molecule has 0 N–H and O–H groups in total. The van der Waals surface area contributed by atoms with Crippen LogP contribution in [-0.2, 0) is 0 Å². The molecule has 0 amide bonds. The lowest BCUT2D eigenvalue weighted by Gasteiger charge is -2.11. The molecule has 0 aliphatic heterocycles. The number of aryl methyl sites for hydroxylation is 1. The lowest BCUT2D eigenvalue weighted by Crippen LogP contribution is -1.96. The van der Waals surface area contributed by atoms with Gasteiger partial charge in [-0.1, -0.05) is 54.9 Å². The maximum Gasteiger partial charge on any atom is 0.141 e. The van der Waals surface area contributed by atoms with E-state index >= 15 is 0 Å². The Balaban J connectivity index is 2.00. The predicted molar refractivity (Wildman–Crippen MR) is 118 cm³/mol. The highest BCUT2D eigenvalue weighted by Crippen LogP contribution is 2.35. The van der Waals surface area contributed by atoms with Crippen LogP contribution in [-0.4, -0.2) is 20.8 Å². The van der Waals surface area contributed by atoms with Crippen LogP contribution in [0.15, 0.2) is 46.9 Å². The zero-order valence-corrected chi connectivity index (χ0v) is 17.9. The molecule has 0 saturated heterocycles. The van der Waals surface area contributed by atoms with E-state index in [1.165, 1.54) is 18.4 Å². The van der Waals surface area contributed by atoms with Gasteiger partial charge in [0.2, 0.25) is 0 Å². The van der Waals surface area contributed by atoms with Gasteiger partial charge in [0.05, 0.1) is 5.56 Å². The van der Waals surface area contributed by atoms with Crippen molar-refractivity contribution in [3.05, 3.63) is 53.0 Å². The van der Waals surface area contributed by atoms with E-state index in [0.29, 0.717) is 5.56 Å². The summed E-state index contributed by atoms with van der Waals surface area (Å²) in [4.78, 5) is 9.19. The van der Waals surface area contributed by atoms with Crippen LogP contribution < -0.4 is 0 Å². The molecule has 0 unspecified atom stereocenters. The van der Waals surface area contributed by atoms with Gasteiger partial charge in [0.25, 0.3) is 0 Å². The Bertz CT molecular complexity index is 913. The summed E-state index contributed by atoms with van der Waals surface area (Å²) >= 11 is 5.12. The van der Waals surface area contributed by atoms with Crippen LogP contribution >= 0.6 is 34.9 Å². The SMILES string of the molecule is CCCCSCSc1nc(-c2nccs2)cc(-c2ccc(C)cc2)c1C#N. The van der Waals surface area contributed by atoms with Crippen molar-refractivity contribution in [3.8, 4) is 27.9 Å². The number of hydrogen-bond acceptors (Lipinski definition) is 6. The van der Waals surface area contributed by atoms with Crippen molar-refractivity contribution in [1.29, 1.82) is 5.26 Å². The summed E-state index contributed by atoms with van der Waals surface area (Å²) in [5.41, 5.74) is 4.66. The van der Waals surface area contributed by atoms with E-state index in [1.807, 2.05) is 23.2 Å². The van der Waals surface area contributed by atoms with Gasteiger partial charge in [0.15, 0.2) is 0 Å². The maximum atomic E-state index is 9.85. The second-order valence-corrected chi connectivity index (χ2v) is 9.40. The van der Waals surface area contributed by atoms with Crippen molar-refractivity contribution in [3.63, 3.8) is 0 Å². The number of nitriles is 1. The Hall–Kier alpha value is -1.81. The number of thioether (sulfide) groups is 2. The average molecular weight is 412 g/mol. The lowest BCUT2D eigenvalue weighted by atomic mass is 10.00.